The lowest BCUT2D eigenvalue weighted by Gasteiger charge is -2.14. The summed E-state index contributed by atoms with van der Waals surface area (Å²) in [7, 11) is 1.51. The summed E-state index contributed by atoms with van der Waals surface area (Å²) in [4.78, 5) is 12.4. The fraction of sp³-hybridized carbons (Fsp3) is 0.160. The highest BCUT2D eigenvalue weighted by Gasteiger charge is 2.13. The Morgan fingerprint density at radius 2 is 1.94 bits per heavy atom. The third kappa shape index (κ3) is 5.90. The van der Waals surface area contributed by atoms with Gasteiger partial charge in [0.05, 0.1) is 22.3 Å². The van der Waals surface area contributed by atoms with E-state index in [0.717, 1.165) is 11.1 Å². The third-order valence-corrected chi connectivity index (χ3v) is 5.58. The number of amides is 1. The quantitative estimate of drug-likeness (QED) is 0.339. The Labute approximate surface area is 200 Å². The zero-order chi connectivity index (χ0) is 23.3. The summed E-state index contributed by atoms with van der Waals surface area (Å²) in [6.45, 7) is 3.88. The second kappa shape index (κ2) is 10.7. The number of anilines is 1. The first kappa shape index (κ1) is 23.8. The van der Waals surface area contributed by atoms with Crippen LogP contribution < -0.4 is 14.8 Å². The molecule has 0 spiro atoms. The van der Waals surface area contributed by atoms with Crippen molar-refractivity contribution in [3.8, 4) is 11.5 Å². The molecule has 1 amide bonds. The molecule has 0 heterocycles. The van der Waals surface area contributed by atoms with Gasteiger partial charge in [0.1, 0.15) is 12.4 Å². The van der Waals surface area contributed by atoms with Crippen molar-refractivity contribution in [2.45, 2.75) is 20.5 Å². The summed E-state index contributed by atoms with van der Waals surface area (Å²) in [6.07, 6.45) is 3.07. The maximum atomic E-state index is 13.9. The molecule has 1 N–H and O–H groups in total. The topological polar surface area (TPSA) is 47.6 Å². The maximum absolute atomic E-state index is 13.9. The average Bonchev–Trinajstić information content (AvgIpc) is 2.74. The minimum absolute atomic E-state index is 0.0515. The predicted octanol–water partition coefficient (Wildman–Crippen LogP) is 7.10. The van der Waals surface area contributed by atoms with Crippen LogP contribution >= 0.6 is 27.5 Å². The number of carbonyl (C=O) groups excluding carboxylic acids is 1. The number of methoxy groups -OCH3 is 1. The SMILES string of the molecule is COc1cc(/C=C/C(=O)Nc2c(C)cc(C)cc2Cl)cc(Br)c1OCc1ccccc1F. The molecule has 0 atom stereocenters. The van der Waals surface area contributed by atoms with E-state index in [1.54, 1.807) is 42.5 Å². The van der Waals surface area contributed by atoms with Gasteiger partial charge in [0.25, 0.3) is 0 Å². The average molecular weight is 519 g/mol. The van der Waals surface area contributed by atoms with Crippen LogP contribution in [0.25, 0.3) is 6.08 Å². The van der Waals surface area contributed by atoms with Gasteiger partial charge in [-0.3, -0.25) is 4.79 Å². The van der Waals surface area contributed by atoms with Crippen LogP contribution in [-0.4, -0.2) is 13.0 Å². The summed E-state index contributed by atoms with van der Waals surface area (Å²) in [5.41, 5.74) is 3.65. The normalized spacial score (nSPS) is 10.9. The van der Waals surface area contributed by atoms with Crippen LogP contribution in [0.15, 0.2) is 59.1 Å². The summed E-state index contributed by atoms with van der Waals surface area (Å²) in [5, 5.41) is 3.30. The monoisotopic (exact) mass is 517 g/mol. The van der Waals surface area contributed by atoms with E-state index < -0.39 is 0 Å². The summed E-state index contributed by atoms with van der Waals surface area (Å²) in [6, 6.07) is 13.7. The van der Waals surface area contributed by atoms with Gasteiger partial charge in [-0.1, -0.05) is 35.9 Å². The lowest BCUT2D eigenvalue weighted by Crippen LogP contribution is -2.09. The first-order chi connectivity index (χ1) is 15.3. The standard InChI is InChI=1S/C25H22BrClFNO3/c1-15-10-16(2)24(20(27)11-15)29-23(30)9-8-17-12-19(26)25(22(13-17)31-3)32-14-18-6-4-5-7-21(18)28/h4-13H,14H2,1-3H3,(H,29,30)/b9-8+. The smallest absolute Gasteiger partial charge is 0.248 e. The lowest BCUT2D eigenvalue weighted by atomic mass is 10.1. The highest BCUT2D eigenvalue weighted by Crippen LogP contribution is 2.37. The summed E-state index contributed by atoms with van der Waals surface area (Å²) < 4.78 is 25.7. The van der Waals surface area contributed by atoms with Crippen molar-refractivity contribution in [3.05, 3.63) is 92.2 Å². The van der Waals surface area contributed by atoms with E-state index in [0.29, 0.717) is 37.8 Å². The number of ether oxygens (including phenoxy) is 2. The summed E-state index contributed by atoms with van der Waals surface area (Å²) >= 11 is 9.73. The number of rotatable bonds is 7. The molecule has 0 aromatic heterocycles. The van der Waals surface area contributed by atoms with Gasteiger partial charge in [0.2, 0.25) is 5.91 Å². The van der Waals surface area contributed by atoms with Crippen LogP contribution in [0.1, 0.15) is 22.3 Å². The molecule has 0 aliphatic heterocycles. The number of hydrogen-bond donors (Lipinski definition) is 1. The first-order valence-electron chi connectivity index (χ1n) is 9.78. The van der Waals surface area contributed by atoms with E-state index in [4.69, 9.17) is 21.1 Å². The van der Waals surface area contributed by atoms with Crippen molar-refractivity contribution >= 4 is 45.2 Å². The molecule has 166 valence electrons. The molecule has 3 aromatic carbocycles. The van der Waals surface area contributed by atoms with E-state index in [-0.39, 0.29) is 18.3 Å². The van der Waals surface area contributed by atoms with Gasteiger partial charge < -0.3 is 14.8 Å². The fourth-order valence-corrected chi connectivity index (χ4v) is 4.09. The fourth-order valence-electron chi connectivity index (χ4n) is 3.15. The van der Waals surface area contributed by atoms with Gasteiger partial charge in [-0.25, -0.2) is 4.39 Å². The summed E-state index contributed by atoms with van der Waals surface area (Å²) in [5.74, 6) is 0.249. The van der Waals surface area contributed by atoms with Crippen LogP contribution in [-0.2, 0) is 11.4 Å². The number of carbonyl (C=O) groups is 1. The molecule has 0 saturated carbocycles. The van der Waals surface area contributed by atoms with Crippen molar-refractivity contribution in [3.63, 3.8) is 0 Å². The van der Waals surface area contributed by atoms with Crippen LogP contribution in [0.5, 0.6) is 11.5 Å². The molecule has 0 radical (unpaired) electrons. The Balaban J connectivity index is 1.74. The molecule has 0 aliphatic carbocycles. The van der Waals surface area contributed by atoms with Gasteiger partial charge in [-0.15, -0.1) is 0 Å². The van der Waals surface area contributed by atoms with E-state index >= 15 is 0 Å². The second-order valence-corrected chi connectivity index (χ2v) is 8.44. The Bertz CT molecular complexity index is 1160. The van der Waals surface area contributed by atoms with Crippen molar-refractivity contribution in [2.24, 2.45) is 0 Å². The van der Waals surface area contributed by atoms with Crippen LogP contribution in [0.2, 0.25) is 5.02 Å². The van der Waals surface area contributed by atoms with E-state index in [9.17, 15) is 9.18 Å². The number of hydrogen-bond acceptors (Lipinski definition) is 3. The van der Waals surface area contributed by atoms with E-state index in [2.05, 4.69) is 21.2 Å². The van der Waals surface area contributed by atoms with Gasteiger partial charge in [-0.2, -0.15) is 0 Å². The Hall–Kier alpha value is -2.83. The highest BCUT2D eigenvalue weighted by molar-refractivity contribution is 9.10. The number of benzene rings is 3. The minimum atomic E-state index is -0.336. The van der Waals surface area contributed by atoms with Gasteiger partial charge >= 0.3 is 0 Å². The number of aryl methyl sites for hydroxylation is 2. The molecule has 0 aliphatic rings. The second-order valence-electron chi connectivity index (χ2n) is 7.18. The van der Waals surface area contributed by atoms with Crippen molar-refractivity contribution in [2.75, 3.05) is 12.4 Å². The number of halogens is 3. The Kier molecular flexibility index (Phi) is 7.94. The maximum Gasteiger partial charge on any atom is 0.248 e. The minimum Gasteiger partial charge on any atom is -0.493 e. The molecule has 3 aromatic rings. The first-order valence-corrected chi connectivity index (χ1v) is 10.9. The van der Waals surface area contributed by atoms with Crippen molar-refractivity contribution in [1.29, 1.82) is 0 Å². The van der Waals surface area contributed by atoms with Crippen molar-refractivity contribution in [1.82, 2.24) is 0 Å². The van der Waals surface area contributed by atoms with Gasteiger partial charge in [-0.05, 0) is 76.8 Å². The molecule has 7 heteroatoms. The lowest BCUT2D eigenvalue weighted by molar-refractivity contribution is -0.111. The molecular formula is C25H22BrClFNO3. The number of nitrogens with one attached hydrogen (secondary N) is 1. The zero-order valence-corrected chi connectivity index (χ0v) is 20.2. The highest BCUT2D eigenvalue weighted by atomic mass is 79.9. The third-order valence-electron chi connectivity index (χ3n) is 4.69. The molecule has 4 nitrogen and oxygen atoms in total. The van der Waals surface area contributed by atoms with Crippen LogP contribution in [0.4, 0.5) is 10.1 Å². The Morgan fingerprint density at radius 1 is 1.19 bits per heavy atom. The molecule has 32 heavy (non-hydrogen) atoms. The molecular weight excluding hydrogens is 497 g/mol. The largest absolute Gasteiger partial charge is 0.493 e. The predicted molar refractivity (Wildman–Crippen MR) is 130 cm³/mol. The van der Waals surface area contributed by atoms with E-state index in [1.807, 2.05) is 19.9 Å². The molecule has 0 saturated heterocycles. The van der Waals surface area contributed by atoms with Crippen molar-refractivity contribution < 1.29 is 18.7 Å². The van der Waals surface area contributed by atoms with Crippen LogP contribution in [0.3, 0.4) is 0 Å². The van der Waals surface area contributed by atoms with Crippen LogP contribution in [0, 0.1) is 19.7 Å². The Morgan fingerprint density at radius 3 is 2.62 bits per heavy atom. The van der Waals surface area contributed by atoms with Gasteiger partial charge in [0.15, 0.2) is 11.5 Å². The van der Waals surface area contributed by atoms with Gasteiger partial charge in [0, 0.05) is 11.6 Å². The molecule has 0 fully saturated rings. The molecule has 0 bridgehead atoms. The molecule has 0 unspecified atom stereocenters. The molecule has 3 rings (SSSR count). The van der Waals surface area contributed by atoms with E-state index in [1.165, 1.54) is 19.3 Å². The zero-order valence-electron chi connectivity index (χ0n) is 17.8.